The van der Waals surface area contributed by atoms with Crippen LogP contribution in [0.25, 0.3) is 0 Å². The molecule has 0 spiro atoms. The number of aliphatic hydroxyl groups excluding tert-OH is 1. The number of nitrogens with one attached hydrogen (secondary N) is 1. The molecule has 0 fully saturated rings. The lowest BCUT2D eigenvalue weighted by molar-refractivity contribution is 0.224. The van der Waals surface area contributed by atoms with Gasteiger partial charge in [-0.3, -0.25) is 9.88 Å². The Morgan fingerprint density at radius 2 is 2.24 bits per heavy atom. The predicted molar refractivity (Wildman–Crippen MR) is 71.1 cm³/mol. The Balaban J connectivity index is 2.55. The molecule has 0 amide bonds. The molecule has 96 valence electrons. The fourth-order valence-corrected chi connectivity index (χ4v) is 1.75. The number of rotatable bonds is 8. The van der Waals surface area contributed by atoms with Crippen molar-refractivity contribution in [2.75, 3.05) is 31.6 Å². The lowest BCUT2D eigenvalue weighted by atomic mass is 10.3. The average Bonchev–Trinajstić information content (AvgIpc) is 2.35. The Hall–Kier alpha value is -1.13. The van der Waals surface area contributed by atoms with Gasteiger partial charge >= 0.3 is 0 Å². The maximum absolute atomic E-state index is 8.84. The van der Waals surface area contributed by atoms with Gasteiger partial charge < -0.3 is 10.4 Å². The van der Waals surface area contributed by atoms with Gasteiger partial charge in [0.2, 0.25) is 0 Å². The topological polar surface area (TPSA) is 48.4 Å². The van der Waals surface area contributed by atoms with Crippen molar-refractivity contribution in [1.82, 2.24) is 9.88 Å². The first kappa shape index (κ1) is 13.9. The molecule has 0 radical (unpaired) electrons. The molecule has 4 heteroatoms. The van der Waals surface area contributed by atoms with E-state index in [4.69, 9.17) is 5.11 Å². The van der Waals surface area contributed by atoms with Crippen LogP contribution in [0.5, 0.6) is 0 Å². The van der Waals surface area contributed by atoms with E-state index < -0.39 is 0 Å². The van der Waals surface area contributed by atoms with Gasteiger partial charge in [-0.25, -0.2) is 0 Å². The summed E-state index contributed by atoms with van der Waals surface area (Å²) in [5, 5.41) is 12.1. The standard InChI is InChI=1S/C13H23N3O/c1-3-14-12-6-7-15-13(10-12)11-16(4-2)8-5-9-17/h6-7,10,17H,3-5,8-9,11H2,1-2H3,(H,14,15). The van der Waals surface area contributed by atoms with Crippen molar-refractivity contribution in [2.24, 2.45) is 0 Å². The van der Waals surface area contributed by atoms with Crippen LogP contribution >= 0.6 is 0 Å². The van der Waals surface area contributed by atoms with Crippen molar-refractivity contribution in [3.63, 3.8) is 0 Å². The van der Waals surface area contributed by atoms with Gasteiger partial charge in [-0.15, -0.1) is 0 Å². The maximum atomic E-state index is 8.84. The van der Waals surface area contributed by atoms with Gasteiger partial charge in [-0.05, 0) is 32.0 Å². The Kier molecular flexibility index (Phi) is 6.58. The molecule has 0 saturated heterocycles. The number of hydrogen-bond donors (Lipinski definition) is 2. The summed E-state index contributed by atoms with van der Waals surface area (Å²) in [5.41, 5.74) is 2.19. The number of nitrogens with zero attached hydrogens (tertiary/aromatic N) is 2. The third-order valence-corrected chi connectivity index (χ3v) is 2.66. The van der Waals surface area contributed by atoms with E-state index in [2.05, 4.69) is 35.1 Å². The van der Waals surface area contributed by atoms with Crippen molar-refractivity contribution in [1.29, 1.82) is 0 Å². The van der Waals surface area contributed by atoms with Crippen molar-refractivity contribution >= 4 is 5.69 Å². The van der Waals surface area contributed by atoms with Crippen LogP contribution in [0.2, 0.25) is 0 Å². The number of anilines is 1. The van der Waals surface area contributed by atoms with Crippen molar-refractivity contribution in [2.45, 2.75) is 26.8 Å². The maximum Gasteiger partial charge on any atom is 0.0564 e. The van der Waals surface area contributed by atoms with Gasteiger partial charge in [0.25, 0.3) is 0 Å². The van der Waals surface area contributed by atoms with Gasteiger partial charge in [0.15, 0.2) is 0 Å². The van der Waals surface area contributed by atoms with Gasteiger partial charge in [0.1, 0.15) is 0 Å². The lowest BCUT2D eigenvalue weighted by Crippen LogP contribution is -2.25. The highest BCUT2D eigenvalue weighted by Crippen LogP contribution is 2.09. The highest BCUT2D eigenvalue weighted by Gasteiger charge is 2.04. The van der Waals surface area contributed by atoms with Gasteiger partial charge in [0, 0.05) is 38.1 Å². The van der Waals surface area contributed by atoms with E-state index in [9.17, 15) is 0 Å². The minimum absolute atomic E-state index is 0.251. The zero-order chi connectivity index (χ0) is 12.5. The molecule has 2 N–H and O–H groups in total. The van der Waals surface area contributed by atoms with Crippen LogP contribution in [0, 0.1) is 0 Å². The van der Waals surface area contributed by atoms with E-state index in [0.29, 0.717) is 0 Å². The van der Waals surface area contributed by atoms with Crippen molar-refractivity contribution < 1.29 is 5.11 Å². The number of pyridine rings is 1. The zero-order valence-electron chi connectivity index (χ0n) is 10.8. The van der Waals surface area contributed by atoms with Gasteiger partial charge in [-0.2, -0.15) is 0 Å². The summed E-state index contributed by atoms with van der Waals surface area (Å²) in [6.45, 7) is 8.13. The lowest BCUT2D eigenvalue weighted by Gasteiger charge is -2.19. The zero-order valence-corrected chi connectivity index (χ0v) is 10.8. The van der Waals surface area contributed by atoms with Crippen LogP contribution in [0.3, 0.4) is 0 Å². The Bertz CT molecular complexity index is 317. The second kappa shape index (κ2) is 8.03. The molecule has 1 heterocycles. The molecule has 1 aromatic rings. The second-order valence-electron chi connectivity index (χ2n) is 4.01. The molecular weight excluding hydrogens is 214 g/mol. The van der Waals surface area contributed by atoms with E-state index in [1.54, 1.807) is 0 Å². The smallest absolute Gasteiger partial charge is 0.0564 e. The molecule has 17 heavy (non-hydrogen) atoms. The minimum Gasteiger partial charge on any atom is -0.396 e. The van der Waals surface area contributed by atoms with Crippen molar-refractivity contribution in [3.8, 4) is 0 Å². The molecule has 0 saturated carbocycles. The normalized spacial score (nSPS) is 10.8. The SMILES string of the molecule is CCNc1ccnc(CN(CC)CCCO)c1. The number of hydrogen-bond acceptors (Lipinski definition) is 4. The first-order valence-electron chi connectivity index (χ1n) is 6.32. The third-order valence-electron chi connectivity index (χ3n) is 2.66. The molecule has 4 nitrogen and oxygen atoms in total. The molecule has 0 aliphatic carbocycles. The Morgan fingerprint density at radius 1 is 1.41 bits per heavy atom. The highest BCUT2D eigenvalue weighted by molar-refractivity contribution is 5.42. The summed E-state index contributed by atoms with van der Waals surface area (Å²) in [5.74, 6) is 0. The molecule has 0 bridgehead atoms. The Morgan fingerprint density at radius 3 is 2.88 bits per heavy atom. The highest BCUT2D eigenvalue weighted by atomic mass is 16.3. The monoisotopic (exact) mass is 237 g/mol. The van der Waals surface area contributed by atoms with Crippen LogP contribution < -0.4 is 5.32 Å². The molecule has 0 aromatic carbocycles. The second-order valence-corrected chi connectivity index (χ2v) is 4.01. The molecule has 1 rings (SSSR count). The summed E-state index contributed by atoms with van der Waals surface area (Å²) in [6, 6.07) is 4.07. The molecule has 1 aromatic heterocycles. The van der Waals surface area contributed by atoms with Crippen molar-refractivity contribution in [3.05, 3.63) is 24.0 Å². The first-order valence-corrected chi connectivity index (χ1v) is 6.32. The summed E-state index contributed by atoms with van der Waals surface area (Å²) < 4.78 is 0. The van der Waals surface area contributed by atoms with E-state index >= 15 is 0 Å². The summed E-state index contributed by atoms with van der Waals surface area (Å²) in [6.07, 6.45) is 2.66. The first-order chi connectivity index (χ1) is 8.30. The van der Waals surface area contributed by atoms with Crippen LogP contribution in [0.15, 0.2) is 18.3 Å². The van der Waals surface area contributed by atoms with E-state index in [-0.39, 0.29) is 6.61 Å². The number of aromatic nitrogens is 1. The van der Waals surface area contributed by atoms with Crippen LogP contribution in [0.1, 0.15) is 26.0 Å². The molecule has 0 aliphatic rings. The summed E-state index contributed by atoms with van der Waals surface area (Å²) in [7, 11) is 0. The minimum atomic E-state index is 0.251. The quantitative estimate of drug-likeness (QED) is 0.723. The average molecular weight is 237 g/mol. The molecule has 0 atom stereocenters. The van der Waals surface area contributed by atoms with Crippen LogP contribution in [-0.4, -0.2) is 41.2 Å². The summed E-state index contributed by atoms with van der Waals surface area (Å²) in [4.78, 5) is 6.66. The molecule has 0 unspecified atom stereocenters. The van der Waals surface area contributed by atoms with Gasteiger partial charge in [0.05, 0.1) is 5.69 Å². The summed E-state index contributed by atoms with van der Waals surface area (Å²) >= 11 is 0. The fraction of sp³-hybridized carbons (Fsp3) is 0.615. The molecular formula is C13H23N3O. The predicted octanol–water partition coefficient (Wildman–Crippen LogP) is 1.72. The third kappa shape index (κ3) is 5.15. The number of aliphatic hydroxyl groups is 1. The van der Waals surface area contributed by atoms with E-state index in [1.807, 2.05) is 12.3 Å². The largest absolute Gasteiger partial charge is 0.396 e. The van der Waals surface area contributed by atoms with Gasteiger partial charge in [-0.1, -0.05) is 6.92 Å². The van der Waals surface area contributed by atoms with Crippen LogP contribution in [0.4, 0.5) is 5.69 Å². The van der Waals surface area contributed by atoms with E-state index in [1.165, 1.54) is 0 Å². The fourth-order valence-electron chi connectivity index (χ4n) is 1.75. The van der Waals surface area contributed by atoms with Crippen LogP contribution in [-0.2, 0) is 6.54 Å². The molecule has 0 aliphatic heterocycles. The Labute approximate surface area is 104 Å². The van der Waals surface area contributed by atoms with E-state index in [0.717, 1.165) is 44.0 Å².